The Labute approximate surface area is 86.9 Å². The number of nitrogens with zero attached hydrogens (tertiary/aromatic N) is 1. The third-order valence-electron chi connectivity index (χ3n) is 1.50. The number of aliphatic hydroxyl groups excluding tert-OH is 1. The maximum atomic E-state index is 11.1. The molecule has 0 aliphatic rings. The Morgan fingerprint density at radius 3 is 2.86 bits per heavy atom. The number of hydrogen-bond acceptors (Lipinski definition) is 5. The normalized spacial score (nSPS) is 11.9. The third-order valence-corrected chi connectivity index (χ3v) is 3.63. The summed E-state index contributed by atoms with van der Waals surface area (Å²) in [5.74, 6) is -0.268. The predicted octanol–water partition coefficient (Wildman–Crippen LogP) is -0.137. The molecule has 0 bridgehead atoms. The van der Waals surface area contributed by atoms with E-state index in [1.54, 1.807) is 5.38 Å². The molecule has 0 atom stereocenters. The number of hydrogen-bond donors (Lipinski definition) is 2. The molecule has 0 saturated heterocycles. The van der Waals surface area contributed by atoms with Crippen molar-refractivity contribution in [3.05, 3.63) is 16.1 Å². The molecule has 1 rings (SSSR count). The lowest BCUT2D eigenvalue weighted by Gasteiger charge is -2.02. The fourth-order valence-corrected chi connectivity index (χ4v) is 2.23. The molecule has 0 spiro atoms. The van der Waals surface area contributed by atoms with Crippen molar-refractivity contribution in [3.8, 4) is 0 Å². The number of thiazole rings is 1. The molecule has 0 radical (unpaired) electrons. The molecule has 0 unspecified atom stereocenters. The van der Waals surface area contributed by atoms with Crippen LogP contribution in [-0.4, -0.2) is 30.9 Å². The number of nitrogens with one attached hydrogen (secondary N) is 1. The number of sulfonamides is 1. The fraction of sp³-hybridized carbons (Fsp3) is 0.571. The Morgan fingerprint density at radius 2 is 2.36 bits per heavy atom. The van der Waals surface area contributed by atoms with Gasteiger partial charge in [0.25, 0.3) is 0 Å². The molecule has 1 aromatic heterocycles. The van der Waals surface area contributed by atoms with Gasteiger partial charge in [-0.1, -0.05) is 0 Å². The van der Waals surface area contributed by atoms with Gasteiger partial charge in [0.05, 0.1) is 29.6 Å². The highest BCUT2D eigenvalue weighted by Gasteiger charge is 2.09. The monoisotopic (exact) mass is 236 g/mol. The van der Waals surface area contributed by atoms with E-state index in [0.717, 1.165) is 5.01 Å². The van der Waals surface area contributed by atoms with Crippen LogP contribution < -0.4 is 4.72 Å². The van der Waals surface area contributed by atoms with Crippen molar-refractivity contribution < 1.29 is 13.5 Å². The Bertz CT molecular complexity index is 385. The largest absolute Gasteiger partial charge is 0.395 e. The number of aliphatic hydroxyl groups is 1. The van der Waals surface area contributed by atoms with E-state index < -0.39 is 10.0 Å². The Hall–Kier alpha value is -0.500. The van der Waals surface area contributed by atoms with Crippen molar-refractivity contribution >= 4 is 21.4 Å². The third kappa shape index (κ3) is 3.70. The quantitative estimate of drug-likeness (QED) is 0.746. The van der Waals surface area contributed by atoms with Crippen molar-refractivity contribution in [2.24, 2.45) is 0 Å². The van der Waals surface area contributed by atoms with E-state index in [4.69, 9.17) is 5.11 Å². The molecule has 0 aliphatic carbocycles. The minimum absolute atomic E-state index is 0.187. The Balaban J connectivity index is 2.48. The van der Waals surface area contributed by atoms with Gasteiger partial charge in [-0.2, -0.15) is 0 Å². The highest BCUT2D eigenvalue weighted by atomic mass is 32.2. The number of rotatable bonds is 5. The summed E-state index contributed by atoms with van der Waals surface area (Å²) < 4.78 is 24.6. The van der Waals surface area contributed by atoms with Gasteiger partial charge in [-0.3, -0.25) is 0 Å². The molecule has 2 N–H and O–H groups in total. The molecule has 5 nitrogen and oxygen atoms in total. The van der Waals surface area contributed by atoms with Crippen LogP contribution in [0.15, 0.2) is 5.38 Å². The van der Waals surface area contributed by atoms with Crippen LogP contribution in [0.5, 0.6) is 0 Å². The van der Waals surface area contributed by atoms with Crippen LogP contribution in [-0.2, 0) is 16.6 Å². The highest BCUT2D eigenvalue weighted by Crippen LogP contribution is 2.07. The van der Waals surface area contributed by atoms with Crippen LogP contribution in [0.25, 0.3) is 0 Å². The molecule has 14 heavy (non-hydrogen) atoms. The SMILES string of the molecule is Cc1nc(CNS(=O)(=O)CCO)cs1. The topological polar surface area (TPSA) is 79.3 Å². The summed E-state index contributed by atoms with van der Waals surface area (Å²) in [6.45, 7) is 1.68. The van der Waals surface area contributed by atoms with Crippen LogP contribution in [0.2, 0.25) is 0 Å². The van der Waals surface area contributed by atoms with Gasteiger partial charge in [0.2, 0.25) is 10.0 Å². The first kappa shape index (κ1) is 11.6. The average molecular weight is 236 g/mol. The van der Waals surface area contributed by atoms with E-state index in [1.165, 1.54) is 11.3 Å². The molecule has 0 fully saturated rings. The Morgan fingerprint density at radius 1 is 1.64 bits per heavy atom. The zero-order valence-corrected chi connectivity index (χ0v) is 9.36. The summed E-state index contributed by atoms with van der Waals surface area (Å²) in [7, 11) is -3.36. The second-order valence-corrected chi connectivity index (χ2v) is 5.71. The van der Waals surface area contributed by atoms with Gasteiger partial charge in [0.15, 0.2) is 0 Å². The van der Waals surface area contributed by atoms with E-state index in [9.17, 15) is 8.42 Å². The zero-order chi connectivity index (χ0) is 10.6. The summed E-state index contributed by atoms with van der Waals surface area (Å²) in [6.07, 6.45) is 0. The van der Waals surface area contributed by atoms with E-state index in [2.05, 4.69) is 9.71 Å². The summed E-state index contributed by atoms with van der Waals surface area (Å²) in [5, 5.41) is 11.2. The summed E-state index contributed by atoms with van der Waals surface area (Å²) >= 11 is 1.47. The first-order valence-electron chi connectivity index (χ1n) is 4.03. The van der Waals surface area contributed by atoms with Gasteiger partial charge in [-0.15, -0.1) is 11.3 Å². The second-order valence-electron chi connectivity index (χ2n) is 2.72. The van der Waals surface area contributed by atoms with Crippen molar-refractivity contribution in [3.63, 3.8) is 0 Å². The number of aromatic nitrogens is 1. The molecule has 7 heteroatoms. The minimum atomic E-state index is -3.36. The molecule has 80 valence electrons. The maximum Gasteiger partial charge on any atom is 0.214 e. The van der Waals surface area contributed by atoms with E-state index in [-0.39, 0.29) is 18.9 Å². The van der Waals surface area contributed by atoms with Crippen molar-refractivity contribution in [2.75, 3.05) is 12.4 Å². The summed E-state index contributed by atoms with van der Waals surface area (Å²) in [4.78, 5) is 4.10. The second kappa shape index (κ2) is 4.83. The molecule has 0 saturated carbocycles. The van der Waals surface area contributed by atoms with Gasteiger partial charge >= 0.3 is 0 Å². The lowest BCUT2D eigenvalue weighted by molar-refractivity contribution is 0.319. The van der Waals surface area contributed by atoms with E-state index in [0.29, 0.717) is 5.69 Å². The average Bonchev–Trinajstić information content (AvgIpc) is 2.48. The first-order chi connectivity index (χ1) is 6.53. The van der Waals surface area contributed by atoms with Crippen molar-refractivity contribution in [2.45, 2.75) is 13.5 Å². The minimum Gasteiger partial charge on any atom is -0.395 e. The molecular weight excluding hydrogens is 224 g/mol. The van der Waals surface area contributed by atoms with E-state index in [1.807, 2.05) is 6.92 Å². The predicted molar refractivity (Wildman–Crippen MR) is 54.6 cm³/mol. The van der Waals surface area contributed by atoms with Crippen LogP contribution in [0, 0.1) is 6.92 Å². The molecule has 0 amide bonds. The Kier molecular flexibility index (Phi) is 3.99. The van der Waals surface area contributed by atoms with Crippen molar-refractivity contribution in [1.29, 1.82) is 0 Å². The molecule has 0 aliphatic heterocycles. The molecule has 1 heterocycles. The fourth-order valence-electron chi connectivity index (χ4n) is 0.866. The van der Waals surface area contributed by atoms with Gasteiger partial charge in [-0.25, -0.2) is 18.1 Å². The van der Waals surface area contributed by atoms with Gasteiger partial charge in [-0.05, 0) is 6.92 Å². The smallest absolute Gasteiger partial charge is 0.214 e. The van der Waals surface area contributed by atoms with Crippen LogP contribution in [0.4, 0.5) is 0 Å². The standard InChI is InChI=1S/C7H12N2O3S2/c1-6-9-7(5-13-6)4-8-14(11,12)3-2-10/h5,8,10H,2-4H2,1H3. The van der Waals surface area contributed by atoms with Gasteiger partial charge in [0.1, 0.15) is 0 Å². The summed E-state index contributed by atoms with van der Waals surface area (Å²) in [5.41, 5.74) is 0.703. The molecular formula is C7H12N2O3S2. The first-order valence-corrected chi connectivity index (χ1v) is 6.56. The van der Waals surface area contributed by atoms with E-state index >= 15 is 0 Å². The highest BCUT2D eigenvalue weighted by molar-refractivity contribution is 7.89. The number of aryl methyl sites for hydroxylation is 1. The summed E-state index contributed by atoms with van der Waals surface area (Å²) in [6, 6.07) is 0. The lowest BCUT2D eigenvalue weighted by atomic mass is 10.5. The van der Waals surface area contributed by atoms with Gasteiger partial charge in [0, 0.05) is 5.38 Å². The lowest BCUT2D eigenvalue weighted by Crippen LogP contribution is -2.27. The maximum absolute atomic E-state index is 11.1. The van der Waals surface area contributed by atoms with Crippen LogP contribution >= 0.6 is 11.3 Å². The van der Waals surface area contributed by atoms with Crippen LogP contribution in [0.1, 0.15) is 10.7 Å². The molecule has 0 aromatic carbocycles. The van der Waals surface area contributed by atoms with Crippen molar-refractivity contribution in [1.82, 2.24) is 9.71 Å². The molecule has 1 aromatic rings. The zero-order valence-electron chi connectivity index (χ0n) is 7.73. The van der Waals surface area contributed by atoms with Gasteiger partial charge < -0.3 is 5.11 Å². The van der Waals surface area contributed by atoms with Crippen LogP contribution in [0.3, 0.4) is 0 Å².